The Hall–Kier alpha value is -2.34. The fraction of sp³-hybridized carbons (Fsp3) is 0.375. The average molecular weight is 305 g/mol. The number of methoxy groups -OCH3 is 2. The SMILES string of the molecule is COC(=O)C1=C(C(=O)OC)N(c2c(C)cccc2C)COC1. The molecule has 1 aromatic carbocycles. The largest absolute Gasteiger partial charge is 0.466 e. The molecule has 0 saturated heterocycles. The number of rotatable bonds is 3. The molecule has 0 amide bonds. The molecule has 1 aliphatic rings. The third-order valence-corrected chi connectivity index (χ3v) is 3.54. The maximum atomic E-state index is 12.2. The Morgan fingerprint density at radius 1 is 1.09 bits per heavy atom. The van der Waals surface area contributed by atoms with Gasteiger partial charge in [0.25, 0.3) is 0 Å². The summed E-state index contributed by atoms with van der Waals surface area (Å²) in [6.07, 6.45) is 0. The molecule has 1 aromatic rings. The van der Waals surface area contributed by atoms with Crippen LogP contribution in [0.25, 0.3) is 0 Å². The summed E-state index contributed by atoms with van der Waals surface area (Å²) in [5.41, 5.74) is 3.08. The lowest BCUT2D eigenvalue weighted by Gasteiger charge is -2.33. The predicted molar refractivity (Wildman–Crippen MR) is 80.3 cm³/mol. The van der Waals surface area contributed by atoms with Gasteiger partial charge in [-0.25, -0.2) is 9.59 Å². The third-order valence-electron chi connectivity index (χ3n) is 3.54. The molecule has 0 spiro atoms. The Morgan fingerprint density at radius 3 is 2.23 bits per heavy atom. The van der Waals surface area contributed by atoms with E-state index in [1.54, 1.807) is 4.90 Å². The first-order valence-corrected chi connectivity index (χ1v) is 6.82. The van der Waals surface area contributed by atoms with Crippen LogP contribution in [0.5, 0.6) is 0 Å². The van der Waals surface area contributed by atoms with Crippen LogP contribution in [-0.4, -0.2) is 39.5 Å². The van der Waals surface area contributed by atoms with Crippen molar-refractivity contribution in [2.24, 2.45) is 0 Å². The first-order chi connectivity index (χ1) is 10.5. The Balaban J connectivity index is 2.63. The van der Waals surface area contributed by atoms with Gasteiger partial charge in [-0.3, -0.25) is 0 Å². The Bertz CT molecular complexity index is 615. The normalized spacial score (nSPS) is 14.8. The highest BCUT2D eigenvalue weighted by atomic mass is 16.5. The van der Waals surface area contributed by atoms with E-state index >= 15 is 0 Å². The van der Waals surface area contributed by atoms with Crippen LogP contribution in [0.1, 0.15) is 11.1 Å². The first kappa shape index (κ1) is 16.0. The molecule has 6 heteroatoms. The summed E-state index contributed by atoms with van der Waals surface area (Å²) in [7, 11) is 2.55. The molecule has 0 atom stereocenters. The molecule has 22 heavy (non-hydrogen) atoms. The number of para-hydroxylation sites is 1. The molecule has 0 unspecified atom stereocenters. The minimum absolute atomic E-state index is 0.0124. The van der Waals surface area contributed by atoms with Crippen molar-refractivity contribution in [3.8, 4) is 0 Å². The highest BCUT2D eigenvalue weighted by molar-refractivity contribution is 6.03. The smallest absolute Gasteiger partial charge is 0.355 e. The van der Waals surface area contributed by atoms with Crippen molar-refractivity contribution < 1.29 is 23.8 Å². The number of ether oxygens (including phenoxy) is 3. The Kier molecular flexibility index (Phi) is 4.82. The summed E-state index contributed by atoms with van der Waals surface area (Å²) in [5, 5.41) is 0. The third kappa shape index (κ3) is 2.82. The zero-order chi connectivity index (χ0) is 16.3. The van der Waals surface area contributed by atoms with E-state index in [9.17, 15) is 9.59 Å². The van der Waals surface area contributed by atoms with Crippen LogP contribution < -0.4 is 4.90 Å². The standard InChI is InChI=1S/C16H19NO5/c1-10-6-5-7-11(2)13(10)17-9-22-8-12(15(18)20-3)14(17)16(19)21-4/h5-7H,8-9H2,1-4H3. The van der Waals surface area contributed by atoms with Crippen molar-refractivity contribution in [2.45, 2.75) is 13.8 Å². The van der Waals surface area contributed by atoms with Gasteiger partial charge in [-0.2, -0.15) is 0 Å². The average Bonchev–Trinajstić information content (AvgIpc) is 2.53. The van der Waals surface area contributed by atoms with Gasteiger partial charge >= 0.3 is 11.9 Å². The second kappa shape index (κ2) is 6.62. The molecule has 0 fully saturated rings. The molecule has 0 aliphatic carbocycles. The maximum absolute atomic E-state index is 12.2. The van der Waals surface area contributed by atoms with E-state index in [2.05, 4.69) is 0 Å². The van der Waals surface area contributed by atoms with Crippen LogP contribution in [0, 0.1) is 13.8 Å². The van der Waals surface area contributed by atoms with E-state index in [4.69, 9.17) is 14.2 Å². The van der Waals surface area contributed by atoms with E-state index in [1.165, 1.54) is 14.2 Å². The number of hydrogen-bond acceptors (Lipinski definition) is 6. The summed E-state index contributed by atoms with van der Waals surface area (Å²) in [4.78, 5) is 25.8. The minimum atomic E-state index is -0.601. The van der Waals surface area contributed by atoms with E-state index in [0.29, 0.717) is 0 Å². The molecule has 0 bridgehead atoms. The number of carbonyl (C=O) groups is 2. The fourth-order valence-corrected chi connectivity index (χ4v) is 2.55. The van der Waals surface area contributed by atoms with Gasteiger partial charge in [0, 0.05) is 5.69 Å². The minimum Gasteiger partial charge on any atom is -0.466 e. The highest BCUT2D eigenvalue weighted by Crippen LogP contribution is 2.31. The van der Waals surface area contributed by atoms with Gasteiger partial charge in [-0.05, 0) is 25.0 Å². The van der Waals surface area contributed by atoms with E-state index < -0.39 is 11.9 Å². The molecule has 0 saturated carbocycles. The van der Waals surface area contributed by atoms with Gasteiger partial charge in [0.1, 0.15) is 12.4 Å². The van der Waals surface area contributed by atoms with Crippen molar-refractivity contribution in [1.82, 2.24) is 0 Å². The summed E-state index contributed by atoms with van der Waals surface area (Å²) < 4.78 is 15.1. The molecular weight excluding hydrogens is 286 g/mol. The highest BCUT2D eigenvalue weighted by Gasteiger charge is 2.33. The lowest BCUT2D eigenvalue weighted by Crippen LogP contribution is -2.39. The topological polar surface area (TPSA) is 65.1 Å². The van der Waals surface area contributed by atoms with Crippen LogP contribution in [-0.2, 0) is 23.8 Å². The number of carbonyl (C=O) groups excluding carboxylic acids is 2. The van der Waals surface area contributed by atoms with E-state index in [-0.39, 0.29) is 24.6 Å². The molecule has 6 nitrogen and oxygen atoms in total. The second-order valence-corrected chi connectivity index (χ2v) is 4.96. The monoisotopic (exact) mass is 305 g/mol. The summed E-state index contributed by atoms with van der Waals surface area (Å²) >= 11 is 0. The molecule has 0 N–H and O–H groups in total. The number of aryl methyl sites for hydroxylation is 2. The Morgan fingerprint density at radius 2 is 1.68 bits per heavy atom. The van der Waals surface area contributed by atoms with Crippen molar-refractivity contribution in [3.63, 3.8) is 0 Å². The van der Waals surface area contributed by atoms with Crippen LogP contribution in [0.2, 0.25) is 0 Å². The lowest BCUT2D eigenvalue weighted by atomic mass is 10.1. The van der Waals surface area contributed by atoms with Crippen molar-refractivity contribution >= 4 is 17.6 Å². The van der Waals surface area contributed by atoms with Gasteiger partial charge in [0.15, 0.2) is 0 Å². The first-order valence-electron chi connectivity index (χ1n) is 6.82. The van der Waals surface area contributed by atoms with Gasteiger partial charge < -0.3 is 19.1 Å². The maximum Gasteiger partial charge on any atom is 0.355 e. The van der Waals surface area contributed by atoms with Crippen molar-refractivity contribution in [1.29, 1.82) is 0 Å². The summed E-state index contributed by atoms with van der Waals surface area (Å²) in [6.45, 7) is 4.04. The molecular formula is C16H19NO5. The Labute approximate surface area is 129 Å². The molecule has 0 aromatic heterocycles. The summed E-state index contributed by atoms with van der Waals surface area (Å²) in [6, 6.07) is 5.80. The van der Waals surface area contributed by atoms with Gasteiger partial charge in [-0.1, -0.05) is 18.2 Å². The van der Waals surface area contributed by atoms with Gasteiger partial charge in [-0.15, -0.1) is 0 Å². The zero-order valence-corrected chi connectivity index (χ0v) is 13.1. The van der Waals surface area contributed by atoms with Crippen LogP contribution in [0.3, 0.4) is 0 Å². The molecule has 1 aliphatic heterocycles. The number of anilines is 1. The predicted octanol–water partition coefficient (Wildman–Crippen LogP) is 1.70. The van der Waals surface area contributed by atoms with E-state index in [0.717, 1.165) is 16.8 Å². The molecule has 2 rings (SSSR count). The van der Waals surface area contributed by atoms with Gasteiger partial charge in [0.05, 0.1) is 26.4 Å². The van der Waals surface area contributed by atoms with Crippen molar-refractivity contribution in [2.75, 3.05) is 32.5 Å². The molecule has 1 heterocycles. The number of benzene rings is 1. The summed E-state index contributed by atoms with van der Waals surface area (Å²) in [5.74, 6) is -1.19. The molecule has 0 radical (unpaired) electrons. The fourth-order valence-electron chi connectivity index (χ4n) is 2.55. The van der Waals surface area contributed by atoms with Crippen molar-refractivity contribution in [3.05, 3.63) is 40.6 Å². The van der Waals surface area contributed by atoms with Crippen LogP contribution in [0.15, 0.2) is 29.5 Å². The molecule has 118 valence electrons. The van der Waals surface area contributed by atoms with E-state index in [1.807, 2.05) is 32.0 Å². The second-order valence-electron chi connectivity index (χ2n) is 4.96. The van der Waals surface area contributed by atoms with Crippen LogP contribution in [0.4, 0.5) is 5.69 Å². The number of hydrogen-bond donors (Lipinski definition) is 0. The lowest BCUT2D eigenvalue weighted by molar-refractivity contribution is -0.140. The number of esters is 2. The number of nitrogens with zero attached hydrogens (tertiary/aromatic N) is 1. The van der Waals surface area contributed by atoms with Crippen LogP contribution >= 0.6 is 0 Å². The van der Waals surface area contributed by atoms with Gasteiger partial charge in [0.2, 0.25) is 0 Å². The quantitative estimate of drug-likeness (QED) is 0.792. The zero-order valence-electron chi connectivity index (χ0n) is 13.1.